The molecule has 0 fully saturated rings. The van der Waals surface area contributed by atoms with Crippen molar-refractivity contribution in [2.75, 3.05) is 6.54 Å². The predicted octanol–water partition coefficient (Wildman–Crippen LogP) is 3.52. The molecule has 4 heteroatoms. The van der Waals surface area contributed by atoms with Gasteiger partial charge in [0.1, 0.15) is 5.82 Å². The molecule has 0 spiro atoms. The summed E-state index contributed by atoms with van der Waals surface area (Å²) >= 11 is 8.89. The minimum absolute atomic E-state index is 0.305. The van der Waals surface area contributed by atoms with E-state index in [9.17, 15) is 4.39 Å². The molecule has 0 radical (unpaired) electrons. The summed E-state index contributed by atoms with van der Waals surface area (Å²) in [5.74, 6) is -0.305. The fourth-order valence-corrected chi connectivity index (χ4v) is 1.69. The molecule has 0 atom stereocenters. The lowest BCUT2D eigenvalue weighted by Gasteiger charge is -2.04. The smallest absolute Gasteiger partial charge is 0.139 e. The summed E-state index contributed by atoms with van der Waals surface area (Å²) in [6.07, 6.45) is 2.74. The fourth-order valence-electron chi connectivity index (χ4n) is 1.23. The third-order valence-corrected chi connectivity index (χ3v) is 3.30. The van der Waals surface area contributed by atoms with Crippen LogP contribution in [0.2, 0.25) is 5.02 Å². The van der Waals surface area contributed by atoms with E-state index in [0.29, 0.717) is 16.0 Å². The van der Waals surface area contributed by atoms with Crippen LogP contribution in [-0.4, -0.2) is 6.54 Å². The number of unbranched alkanes of at least 4 members (excludes halogenated alkanes) is 1. The van der Waals surface area contributed by atoms with E-state index in [-0.39, 0.29) is 5.82 Å². The van der Waals surface area contributed by atoms with E-state index in [1.807, 2.05) is 0 Å². The van der Waals surface area contributed by atoms with E-state index in [2.05, 4.69) is 15.9 Å². The van der Waals surface area contributed by atoms with Crippen molar-refractivity contribution in [3.8, 4) is 0 Å². The molecule has 14 heavy (non-hydrogen) atoms. The number of halogens is 3. The zero-order valence-corrected chi connectivity index (χ0v) is 10.0. The lowest BCUT2D eigenvalue weighted by molar-refractivity contribution is 0.617. The van der Waals surface area contributed by atoms with Crippen LogP contribution < -0.4 is 5.73 Å². The highest BCUT2D eigenvalue weighted by Crippen LogP contribution is 2.27. The standard InChI is InChI=1S/C10H12BrClFN/c11-10-8(12)5-7(6-9(10)13)3-1-2-4-14/h5-6H,1-4,14H2. The van der Waals surface area contributed by atoms with Gasteiger partial charge in [0.2, 0.25) is 0 Å². The maximum Gasteiger partial charge on any atom is 0.139 e. The molecule has 1 aromatic carbocycles. The van der Waals surface area contributed by atoms with Gasteiger partial charge < -0.3 is 5.73 Å². The van der Waals surface area contributed by atoms with Crippen LogP contribution in [0.4, 0.5) is 4.39 Å². The van der Waals surface area contributed by atoms with Crippen LogP contribution in [0.5, 0.6) is 0 Å². The zero-order valence-electron chi connectivity index (χ0n) is 7.69. The second-order valence-corrected chi connectivity index (χ2v) is 4.32. The van der Waals surface area contributed by atoms with Gasteiger partial charge in [-0.2, -0.15) is 0 Å². The van der Waals surface area contributed by atoms with Crippen molar-refractivity contribution < 1.29 is 4.39 Å². The molecule has 1 rings (SSSR count). The number of rotatable bonds is 4. The van der Waals surface area contributed by atoms with E-state index in [0.717, 1.165) is 24.8 Å². The molecule has 0 amide bonds. The molecular weight excluding hydrogens is 268 g/mol. The molecule has 0 aliphatic heterocycles. The Kier molecular flexibility index (Phi) is 4.85. The van der Waals surface area contributed by atoms with Gasteiger partial charge in [-0.25, -0.2) is 4.39 Å². The van der Waals surface area contributed by atoms with Crippen molar-refractivity contribution in [2.24, 2.45) is 5.73 Å². The average molecular weight is 281 g/mol. The summed E-state index contributed by atoms with van der Waals surface area (Å²) in [5, 5.41) is 0.424. The molecule has 0 aliphatic rings. The molecule has 1 nitrogen and oxygen atoms in total. The van der Waals surface area contributed by atoms with Gasteiger partial charge >= 0.3 is 0 Å². The van der Waals surface area contributed by atoms with Crippen molar-refractivity contribution >= 4 is 27.5 Å². The first-order valence-corrected chi connectivity index (χ1v) is 5.65. The largest absolute Gasteiger partial charge is 0.330 e. The summed E-state index contributed by atoms with van der Waals surface area (Å²) in [6.45, 7) is 0.673. The minimum atomic E-state index is -0.305. The Morgan fingerprint density at radius 2 is 2.07 bits per heavy atom. The maximum absolute atomic E-state index is 13.2. The summed E-state index contributed by atoms with van der Waals surface area (Å²) in [5.41, 5.74) is 6.29. The zero-order chi connectivity index (χ0) is 10.6. The highest BCUT2D eigenvalue weighted by atomic mass is 79.9. The first kappa shape index (κ1) is 12.0. The lowest BCUT2D eigenvalue weighted by Crippen LogP contribution is -1.99. The highest BCUT2D eigenvalue weighted by molar-refractivity contribution is 9.10. The molecule has 0 saturated carbocycles. The quantitative estimate of drug-likeness (QED) is 0.663. The Morgan fingerprint density at radius 1 is 1.36 bits per heavy atom. The fraction of sp³-hybridized carbons (Fsp3) is 0.400. The Hall–Kier alpha value is -0.120. The van der Waals surface area contributed by atoms with E-state index in [4.69, 9.17) is 17.3 Å². The third kappa shape index (κ3) is 3.23. The lowest BCUT2D eigenvalue weighted by atomic mass is 10.1. The second kappa shape index (κ2) is 5.69. The van der Waals surface area contributed by atoms with Crippen LogP contribution in [0.25, 0.3) is 0 Å². The third-order valence-electron chi connectivity index (χ3n) is 1.96. The summed E-state index contributed by atoms with van der Waals surface area (Å²) < 4.78 is 13.5. The second-order valence-electron chi connectivity index (χ2n) is 3.12. The van der Waals surface area contributed by atoms with Crippen molar-refractivity contribution in [3.05, 3.63) is 33.0 Å². The molecule has 0 bridgehead atoms. The molecule has 1 aromatic rings. The number of nitrogens with two attached hydrogens (primary N) is 1. The van der Waals surface area contributed by atoms with Crippen molar-refractivity contribution in [2.45, 2.75) is 19.3 Å². The minimum Gasteiger partial charge on any atom is -0.330 e. The molecule has 0 saturated heterocycles. The van der Waals surface area contributed by atoms with Gasteiger partial charge in [-0.3, -0.25) is 0 Å². The number of hydrogen-bond donors (Lipinski definition) is 1. The van der Waals surface area contributed by atoms with Crippen molar-refractivity contribution in [1.82, 2.24) is 0 Å². The van der Waals surface area contributed by atoms with E-state index in [1.165, 1.54) is 6.07 Å². The Morgan fingerprint density at radius 3 is 2.64 bits per heavy atom. The van der Waals surface area contributed by atoms with Crippen LogP contribution >= 0.6 is 27.5 Å². The van der Waals surface area contributed by atoms with Gasteiger partial charge in [0.05, 0.1) is 9.50 Å². The molecular formula is C10H12BrClFN. The first-order chi connectivity index (χ1) is 6.65. The van der Waals surface area contributed by atoms with Gasteiger partial charge in [-0.05, 0) is 59.4 Å². The molecule has 78 valence electrons. The van der Waals surface area contributed by atoms with E-state index < -0.39 is 0 Å². The van der Waals surface area contributed by atoms with Crippen molar-refractivity contribution in [3.63, 3.8) is 0 Å². The van der Waals surface area contributed by atoms with Gasteiger partial charge in [0, 0.05) is 0 Å². The van der Waals surface area contributed by atoms with Gasteiger partial charge in [-0.1, -0.05) is 11.6 Å². The normalized spacial score (nSPS) is 10.6. The van der Waals surface area contributed by atoms with Crippen LogP contribution in [0.15, 0.2) is 16.6 Å². The van der Waals surface area contributed by atoms with E-state index >= 15 is 0 Å². The molecule has 0 aliphatic carbocycles. The summed E-state index contributed by atoms with van der Waals surface area (Å²) in [6, 6.07) is 3.29. The number of benzene rings is 1. The summed E-state index contributed by atoms with van der Waals surface area (Å²) in [4.78, 5) is 0. The predicted molar refractivity (Wildman–Crippen MR) is 61.1 cm³/mol. The molecule has 0 aromatic heterocycles. The van der Waals surface area contributed by atoms with Crippen LogP contribution in [-0.2, 0) is 6.42 Å². The first-order valence-electron chi connectivity index (χ1n) is 4.48. The summed E-state index contributed by atoms with van der Waals surface area (Å²) in [7, 11) is 0. The van der Waals surface area contributed by atoms with E-state index in [1.54, 1.807) is 6.07 Å². The van der Waals surface area contributed by atoms with Gasteiger partial charge in [0.25, 0.3) is 0 Å². The topological polar surface area (TPSA) is 26.0 Å². The Balaban J connectivity index is 2.69. The molecule has 2 N–H and O–H groups in total. The molecule has 0 heterocycles. The molecule has 0 unspecified atom stereocenters. The van der Waals surface area contributed by atoms with Crippen LogP contribution in [0.3, 0.4) is 0 Å². The SMILES string of the molecule is NCCCCc1cc(F)c(Br)c(Cl)c1. The van der Waals surface area contributed by atoms with Gasteiger partial charge in [-0.15, -0.1) is 0 Å². The van der Waals surface area contributed by atoms with Gasteiger partial charge in [0.15, 0.2) is 0 Å². The monoisotopic (exact) mass is 279 g/mol. The number of aryl methyl sites for hydroxylation is 1. The maximum atomic E-state index is 13.2. The van der Waals surface area contributed by atoms with Crippen LogP contribution in [0, 0.1) is 5.82 Å². The number of hydrogen-bond acceptors (Lipinski definition) is 1. The average Bonchev–Trinajstić information content (AvgIpc) is 2.14. The van der Waals surface area contributed by atoms with Crippen LogP contribution in [0.1, 0.15) is 18.4 Å². The Labute approximate surface area is 96.6 Å². The Bertz CT molecular complexity index is 294. The highest BCUT2D eigenvalue weighted by Gasteiger charge is 2.06. The van der Waals surface area contributed by atoms with Crippen molar-refractivity contribution in [1.29, 1.82) is 0 Å².